The molecule has 9 nitrogen and oxygen atoms in total. The Kier molecular flexibility index (Phi) is 11.7. The maximum absolute atomic E-state index is 14.0. The molecule has 3 atom stereocenters. The lowest BCUT2D eigenvalue weighted by atomic mass is 9.89. The smallest absolute Gasteiger partial charge is 0.323 e. The first-order chi connectivity index (χ1) is 21.3. The Bertz CT molecular complexity index is 1410. The Balaban J connectivity index is 1.58. The Morgan fingerprint density at radius 1 is 0.932 bits per heavy atom. The summed E-state index contributed by atoms with van der Waals surface area (Å²) in [5, 5.41) is 14.1. The van der Waals surface area contributed by atoms with Crippen molar-refractivity contribution in [1.29, 1.82) is 0 Å². The molecule has 2 N–H and O–H groups in total. The lowest BCUT2D eigenvalue weighted by Crippen LogP contribution is -2.72. The van der Waals surface area contributed by atoms with Gasteiger partial charge >= 0.3 is 11.9 Å². The van der Waals surface area contributed by atoms with Gasteiger partial charge in [-0.25, -0.2) is 0 Å². The zero-order chi connectivity index (χ0) is 31.5. The molecular weight excluding hydrogens is 580 g/mol. The highest BCUT2D eigenvalue weighted by atomic mass is 32.2. The Morgan fingerprint density at radius 3 is 2.00 bits per heavy atom. The quantitative estimate of drug-likeness (QED) is 0.140. The van der Waals surface area contributed by atoms with Crippen molar-refractivity contribution in [3.63, 3.8) is 0 Å². The van der Waals surface area contributed by atoms with E-state index in [4.69, 9.17) is 9.47 Å². The Labute approximate surface area is 261 Å². The lowest BCUT2D eigenvalue weighted by molar-refractivity contribution is -0.159. The number of thioether (sulfide) groups is 1. The standard InChI is InChI=1S/C34H36N2O7S/c1-3-42-28(39)19-20-44-22-23(2)30-29(34(41)36(30)21-27(37)38)35-33(40)32(26-17-11-6-12-18-26)43-31(24-13-7-4-8-14-24)25-15-9-5-10-16-25/h4-18,22,29-32H,3,19-21H2,1-2H3,(H,35,40)(H,37,38). The second-order valence-electron chi connectivity index (χ2n) is 10.2. The van der Waals surface area contributed by atoms with Crippen LogP contribution in [0.25, 0.3) is 0 Å². The molecule has 0 radical (unpaired) electrons. The molecule has 0 saturated carbocycles. The van der Waals surface area contributed by atoms with Crippen molar-refractivity contribution in [3.8, 4) is 0 Å². The fourth-order valence-electron chi connectivity index (χ4n) is 5.05. The average molecular weight is 617 g/mol. The van der Waals surface area contributed by atoms with Crippen LogP contribution in [0.3, 0.4) is 0 Å². The van der Waals surface area contributed by atoms with E-state index in [9.17, 15) is 24.3 Å². The van der Waals surface area contributed by atoms with Crippen molar-refractivity contribution in [2.24, 2.45) is 0 Å². The number of nitrogens with one attached hydrogen (secondary N) is 1. The largest absolute Gasteiger partial charge is 0.480 e. The van der Waals surface area contributed by atoms with E-state index in [2.05, 4.69) is 5.32 Å². The predicted molar refractivity (Wildman–Crippen MR) is 168 cm³/mol. The number of rotatable bonds is 15. The Morgan fingerprint density at radius 2 is 1.48 bits per heavy atom. The monoisotopic (exact) mass is 616 g/mol. The average Bonchev–Trinajstić information content (AvgIpc) is 3.03. The first kappa shape index (κ1) is 32.5. The number of carboxylic acid groups (broad SMARTS) is 1. The molecule has 0 spiro atoms. The highest BCUT2D eigenvalue weighted by Crippen LogP contribution is 2.34. The van der Waals surface area contributed by atoms with Gasteiger partial charge in [-0.15, -0.1) is 11.8 Å². The minimum Gasteiger partial charge on any atom is -0.480 e. The number of carbonyl (C=O) groups is 4. The van der Waals surface area contributed by atoms with Crippen LogP contribution in [0.5, 0.6) is 0 Å². The molecule has 44 heavy (non-hydrogen) atoms. The van der Waals surface area contributed by atoms with Crippen LogP contribution in [0.1, 0.15) is 49.2 Å². The molecular formula is C34H36N2O7S. The van der Waals surface area contributed by atoms with Gasteiger partial charge in [0.15, 0.2) is 6.10 Å². The summed E-state index contributed by atoms with van der Waals surface area (Å²) in [6.45, 7) is 3.32. The molecule has 1 aliphatic rings. The summed E-state index contributed by atoms with van der Waals surface area (Å²) >= 11 is 1.36. The zero-order valence-corrected chi connectivity index (χ0v) is 25.4. The molecule has 230 valence electrons. The number of carbonyl (C=O) groups excluding carboxylic acids is 3. The van der Waals surface area contributed by atoms with Crippen molar-refractivity contribution in [2.45, 2.75) is 44.6 Å². The van der Waals surface area contributed by atoms with Crippen molar-refractivity contribution >= 4 is 35.5 Å². The van der Waals surface area contributed by atoms with Crippen LogP contribution in [0.15, 0.2) is 102 Å². The van der Waals surface area contributed by atoms with Gasteiger partial charge in [-0.1, -0.05) is 91.0 Å². The molecule has 0 bridgehead atoms. The highest BCUT2D eigenvalue weighted by Gasteiger charge is 2.50. The fraction of sp³-hybridized carbons (Fsp3) is 0.294. The molecule has 3 aromatic carbocycles. The van der Waals surface area contributed by atoms with Gasteiger partial charge in [0.25, 0.3) is 5.91 Å². The summed E-state index contributed by atoms with van der Waals surface area (Å²) in [6.07, 6.45) is -1.45. The fourth-order valence-corrected chi connectivity index (χ4v) is 5.85. The van der Waals surface area contributed by atoms with E-state index in [0.29, 0.717) is 23.5 Å². The number of carboxylic acids is 1. The third-order valence-electron chi connectivity index (χ3n) is 7.09. The van der Waals surface area contributed by atoms with Crippen LogP contribution < -0.4 is 5.32 Å². The van der Waals surface area contributed by atoms with Crippen molar-refractivity contribution in [3.05, 3.63) is 119 Å². The zero-order valence-electron chi connectivity index (χ0n) is 24.6. The van der Waals surface area contributed by atoms with Gasteiger partial charge < -0.3 is 24.8 Å². The van der Waals surface area contributed by atoms with Gasteiger partial charge in [0.2, 0.25) is 5.91 Å². The number of esters is 1. The van der Waals surface area contributed by atoms with Crippen molar-refractivity contribution in [1.82, 2.24) is 10.2 Å². The van der Waals surface area contributed by atoms with E-state index in [0.717, 1.165) is 11.1 Å². The van der Waals surface area contributed by atoms with E-state index in [-0.39, 0.29) is 12.4 Å². The molecule has 4 rings (SSSR count). The SMILES string of the molecule is CCOC(=O)CCSC=C(C)C1C(NC(=O)C(OC(c2ccccc2)c2ccccc2)c2ccccc2)C(=O)N1CC(=O)O. The summed E-state index contributed by atoms with van der Waals surface area (Å²) < 4.78 is 11.5. The van der Waals surface area contributed by atoms with Crippen molar-refractivity contribution < 1.29 is 33.8 Å². The number of aliphatic carboxylic acids is 1. The number of nitrogens with zero attached hydrogens (tertiary/aromatic N) is 1. The molecule has 1 aliphatic heterocycles. The third kappa shape index (κ3) is 8.36. The summed E-state index contributed by atoms with van der Waals surface area (Å²) in [5.41, 5.74) is 3.01. The van der Waals surface area contributed by atoms with E-state index in [1.54, 1.807) is 31.4 Å². The molecule has 1 heterocycles. The first-order valence-corrected chi connectivity index (χ1v) is 15.4. The number of β-lactam (4-membered cyclic amide) rings is 1. The molecule has 2 amide bonds. The van der Waals surface area contributed by atoms with E-state index in [1.807, 2.05) is 78.9 Å². The lowest BCUT2D eigenvalue weighted by Gasteiger charge is -2.47. The first-order valence-electron chi connectivity index (χ1n) is 14.4. The number of ether oxygens (including phenoxy) is 2. The van der Waals surface area contributed by atoms with Crippen LogP contribution in [0.2, 0.25) is 0 Å². The van der Waals surface area contributed by atoms with E-state index < -0.39 is 48.6 Å². The van der Waals surface area contributed by atoms with Crippen molar-refractivity contribution in [2.75, 3.05) is 18.9 Å². The number of hydrogen-bond acceptors (Lipinski definition) is 7. The van der Waals surface area contributed by atoms with Crippen LogP contribution in [-0.2, 0) is 28.7 Å². The van der Waals surface area contributed by atoms with Crippen LogP contribution >= 0.6 is 11.8 Å². The van der Waals surface area contributed by atoms with Gasteiger partial charge in [-0.2, -0.15) is 0 Å². The molecule has 1 saturated heterocycles. The molecule has 0 aromatic heterocycles. The summed E-state index contributed by atoms with van der Waals surface area (Å²) in [7, 11) is 0. The van der Waals surface area contributed by atoms with Gasteiger partial charge in [0, 0.05) is 5.75 Å². The Hall–Kier alpha value is -4.41. The van der Waals surface area contributed by atoms with Crippen LogP contribution in [0.4, 0.5) is 0 Å². The number of hydrogen-bond donors (Lipinski definition) is 2. The topological polar surface area (TPSA) is 122 Å². The van der Waals surface area contributed by atoms with E-state index in [1.165, 1.54) is 16.7 Å². The number of amides is 2. The van der Waals surface area contributed by atoms with Crippen LogP contribution in [-0.4, -0.2) is 64.7 Å². The number of benzene rings is 3. The van der Waals surface area contributed by atoms with Gasteiger partial charge in [0.05, 0.1) is 19.1 Å². The summed E-state index contributed by atoms with van der Waals surface area (Å²) in [6, 6.07) is 26.5. The van der Waals surface area contributed by atoms with Gasteiger partial charge in [-0.3, -0.25) is 19.2 Å². The second-order valence-corrected chi connectivity index (χ2v) is 11.2. The number of likely N-dealkylation sites (tertiary alicyclic amines) is 1. The third-order valence-corrected chi connectivity index (χ3v) is 8.06. The summed E-state index contributed by atoms with van der Waals surface area (Å²) in [4.78, 5) is 51.6. The van der Waals surface area contributed by atoms with Gasteiger partial charge in [-0.05, 0) is 41.5 Å². The minimum absolute atomic E-state index is 0.213. The second kappa shape index (κ2) is 15.9. The maximum Gasteiger partial charge on any atom is 0.323 e. The molecule has 3 unspecified atom stereocenters. The molecule has 10 heteroatoms. The normalized spacial score (nSPS) is 17.1. The highest BCUT2D eigenvalue weighted by molar-refractivity contribution is 8.02. The molecule has 0 aliphatic carbocycles. The molecule has 1 fully saturated rings. The van der Waals surface area contributed by atoms with Gasteiger partial charge in [0.1, 0.15) is 18.7 Å². The van der Waals surface area contributed by atoms with Crippen LogP contribution in [0, 0.1) is 0 Å². The van der Waals surface area contributed by atoms with E-state index >= 15 is 0 Å². The molecule has 3 aromatic rings. The predicted octanol–water partition coefficient (Wildman–Crippen LogP) is 4.90. The summed E-state index contributed by atoms with van der Waals surface area (Å²) in [5.74, 6) is -2.02. The minimum atomic E-state index is -1.16. The maximum atomic E-state index is 14.0.